The molecule has 7 atom stereocenters. The summed E-state index contributed by atoms with van der Waals surface area (Å²) in [6, 6.07) is 0. The molecule has 6 nitrogen and oxygen atoms in total. The summed E-state index contributed by atoms with van der Waals surface area (Å²) >= 11 is 11.3. The van der Waals surface area contributed by atoms with Gasteiger partial charge in [-0.2, -0.15) is 0 Å². The Balaban J connectivity index is 1.73. The average Bonchev–Trinajstić information content (AvgIpc) is 2.94. The predicted molar refractivity (Wildman–Crippen MR) is 110 cm³/mol. The Morgan fingerprint density at radius 2 is 1.90 bits per heavy atom. The van der Waals surface area contributed by atoms with Crippen LogP contribution in [-0.2, 0) is 19.1 Å². The quantitative estimate of drug-likeness (QED) is 0.494. The van der Waals surface area contributed by atoms with Crippen molar-refractivity contribution in [3.63, 3.8) is 0 Å². The summed E-state index contributed by atoms with van der Waals surface area (Å²) in [6.07, 6.45) is 4.72. The monoisotopic (exact) mass is 458 g/mol. The van der Waals surface area contributed by atoms with E-state index in [0.717, 1.165) is 18.4 Å². The second kappa shape index (κ2) is 7.21. The van der Waals surface area contributed by atoms with Gasteiger partial charge in [0.25, 0.3) is 0 Å². The van der Waals surface area contributed by atoms with Crippen LogP contribution in [0.1, 0.15) is 58.8 Å². The fourth-order valence-electron chi connectivity index (χ4n) is 7.45. The number of fused-ring (bicyclic) bond motifs is 5. The van der Waals surface area contributed by atoms with Gasteiger partial charge in [0, 0.05) is 11.8 Å². The Kier molecular flexibility index (Phi) is 5.31. The number of ketones is 1. The Hall–Kier alpha value is -1.11. The first-order valence-corrected chi connectivity index (χ1v) is 11.5. The highest BCUT2D eigenvalue weighted by atomic mass is 35.5. The normalized spacial score (nSPS) is 45.3. The van der Waals surface area contributed by atoms with Crippen LogP contribution < -0.4 is 0 Å². The lowest BCUT2D eigenvalue weighted by Crippen LogP contribution is -2.63. The summed E-state index contributed by atoms with van der Waals surface area (Å²) in [5.41, 5.74) is -1.84. The Bertz CT molecular complexity index is 824. The van der Waals surface area contributed by atoms with Gasteiger partial charge in [0.1, 0.15) is 0 Å². The molecule has 0 unspecified atom stereocenters. The highest BCUT2D eigenvalue weighted by molar-refractivity contribution is 6.53. The van der Waals surface area contributed by atoms with Crippen molar-refractivity contribution in [3.05, 3.63) is 11.6 Å². The summed E-state index contributed by atoms with van der Waals surface area (Å²) < 4.78 is 5.50. The van der Waals surface area contributed by atoms with Crippen LogP contribution in [0.15, 0.2) is 11.6 Å². The molecule has 0 aromatic heterocycles. The second-order valence-electron chi connectivity index (χ2n) is 9.97. The van der Waals surface area contributed by atoms with Crippen molar-refractivity contribution in [1.29, 1.82) is 0 Å². The van der Waals surface area contributed by atoms with Crippen molar-refractivity contribution >= 4 is 40.9 Å². The molecule has 0 bridgehead atoms. The number of carbonyl (C=O) groups is 3. The molecule has 0 radical (unpaired) electrons. The van der Waals surface area contributed by atoms with E-state index in [1.54, 1.807) is 6.08 Å². The number of allylic oxidation sites excluding steroid dienone is 1. The van der Waals surface area contributed by atoms with Gasteiger partial charge in [-0.3, -0.25) is 4.79 Å². The minimum Gasteiger partial charge on any atom is -0.478 e. The number of carboxylic acids is 1. The highest BCUT2D eigenvalue weighted by Gasteiger charge is 2.71. The molecule has 30 heavy (non-hydrogen) atoms. The van der Waals surface area contributed by atoms with Crippen LogP contribution >= 0.6 is 23.2 Å². The number of aliphatic hydroxyl groups excluding tert-OH is 1. The number of aliphatic carboxylic acids is 1. The van der Waals surface area contributed by atoms with E-state index in [1.165, 1.54) is 0 Å². The molecule has 0 saturated heterocycles. The number of carboxylic acid groups (broad SMARTS) is 1. The largest absolute Gasteiger partial charge is 0.478 e. The molecule has 2 N–H and O–H groups in total. The van der Waals surface area contributed by atoms with Crippen LogP contribution in [0.5, 0.6) is 0 Å². The smallest absolute Gasteiger partial charge is 0.348 e. The molecule has 0 heterocycles. The summed E-state index contributed by atoms with van der Waals surface area (Å²) in [5, 5.41) is 21.5. The van der Waals surface area contributed by atoms with Crippen molar-refractivity contribution in [2.45, 2.75) is 75.3 Å². The maximum atomic E-state index is 12.4. The van der Waals surface area contributed by atoms with Gasteiger partial charge in [0.05, 0.1) is 6.10 Å². The van der Waals surface area contributed by atoms with E-state index < -0.39 is 33.9 Å². The van der Waals surface area contributed by atoms with E-state index in [-0.39, 0.29) is 41.8 Å². The van der Waals surface area contributed by atoms with Gasteiger partial charge in [0.15, 0.2) is 5.78 Å². The van der Waals surface area contributed by atoms with Crippen molar-refractivity contribution in [1.82, 2.24) is 0 Å². The molecule has 0 amide bonds. The first-order valence-electron chi connectivity index (χ1n) is 10.6. The van der Waals surface area contributed by atoms with Gasteiger partial charge in [-0.25, -0.2) is 9.59 Å². The van der Waals surface area contributed by atoms with Gasteiger partial charge in [-0.1, -0.05) is 42.6 Å². The van der Waals surface area contributed by atoms with Gasteiger partial charge < -0.3 is 14.9 Å². The number of rotatable bonds is 3. The fourth-order valence-corrected chi connectivity index (χ4v) is 7.54. The topological polar surface area (TPSA) is 101 Å². The molecule has 4 aliphatic carbocycles. The first-order chi connectivity index (χ1) is 14.0. The van der Waals surface area contributed by atoms with Gasteiger partial charge in [-0.15, -0.1) is 0 Å². The van der Waals surface area contributed by atoms with Crippen LogP contribution in [0.25, 0.3) is 0 Å². The Morgan fingerprint density at radius 3 is 2.53 bits per heavy atom. The molecule has 166 valence electrons. The maximum Gasteiger partial charge on any atom is 0.348 e. The second-order valence-corrected chi connectivity index (χ2v) is 11.1. The van der Waals surface area contributed by atoms with Crippen LogP contribution in [0, 0.1) is 28.6 Å². The SMILES string of the molecule is C[C@]12CCC(=O)C=C1CC[C@@H]1[C@@H]2[C@@H](O)C[C@@]2(C)[C@H]1CC[C@]2(OC(=O)C(Cl)Cl)C(=O)O. The van der Waals surface area contributed by atoms with Gasteiger partial charge >= 0.3 is 11.9 Å². The van der Waals surface area contributed by atoms with Crippen molar-refractivity contribution in [2.24, 2.45) is 28.6 Å². The molecule has 0 aromatic rings. The van der Waals surface area contributed by atoms with Crippen molar-refractivity contribution in [2.75, 3.05) is 0 Å². The molecule has 8 heteroatoms. The molecular formula is C22H28Cl2O6. The Labute approximate surface area is 185 Å². The zero-order chi connectivity index (χ0) is 22.1. The minimum atomic E-state index is -1.76. The van der Waals surface area contributed by atoms with E-state index >= 15 is 0 Å². The van der Waals surface area contributed by atoms with E-state index in [4.69, 9.17) is 27.9 Å². The average molecular weight is 459 g/mol. The number of hydrogen-bond acceptors (Lipinski definition) is 5. The lowest BCUT2D eigenvalue weighted by atomic mass is 9.45. The highest BCUT2D eigenvalue weighted by Crippen LogP contribution is 2.68. The maximum absolute atomic E-state index is 12.4. The molecule has 0 aromatic carbocycles. The number of carbonyl (C=O) groups excluding carboxylic acids is 2. The van der Waals surface area contributed by atoms with Crippen LogP contribution in [0.3, 0.4) is 0 Å². The number of hydrogen-bond donors (Lipinski definition) is 2. The van der Waals surface area contributed by atoms with Gasteiger partial charge in [-0.05, 0) is 67.8 Å². The summed E-state index contributed by atoms with van der Waals surface area (Å²) in [5.74, 6) is -2.01. The molecule has 3 fully saturated rings. The van der Waals surface area contributed by atoms with E-state index in [2.05, 4.69) is 6.92 Å². The molecule has 0 spiro atoms. The lowest BCUT2D eigenvalue weighted by molar-refractivity contribution is -0.210. The third kappa shape index (κ3) is 2.90. The molecule has 3 saturated carbocycles. The summed E-state index contributed by atoms with van der Waals surface area (Å²) in [7, 11) is 0. The number of aliphatic hydroxyl groups is 1. The van der Waals surface area contributed by atoms with E-state index in [0.29, 0.717) is 19.3 Å². The first kappa shape index (κ1) is 22.1. The van der Waals surface area contributed by atoms with Crippen molar-refractivity contribution < 1.29 is 29.3 Å². The molecule has 0 aliphatic heterocycles. The molecular weight excluding hydrogens is 431 g/mol. The number of ether oxygens (including phenoxy) is 1. The van der Waals surface area contributed by atoms with E-state index in [1.807, 2.05) is 6.92 Å². The Morgan fingerprint density at radius 1 is 1.20 bits per heavy atom. The van der Waals surface area contributed by atoms with E-state index in [9.17, 15) is 24.6 Å². The predicted octanol–water partition coefficient (Wildman–Crippen LogP) is 3.66. The van der Waals surface area contributed by atoms with Crippen LogP contribution in [0.2, 0.25) is 0 Å². The fraction of sp³-hybridized carbons (Fsp3) is 0.773. The summed E-state index contributed by atoms with van der Waals surface area (Å²) in [4.78, 5) is 35.2. The third-order valence-corrected chi connectivity index (χ3v) is 9.17. The third-order valence-electron chi connectivity index (χ3n) is 8.81. The van der Waals surface area contributed by atoms with Gasteiger partial charge in [0.2, 0.25) is 10.4 Å². The number of esters is 1. The lowest BCUT2D eigenvalue weighted by Gasteiger charge is -2.60. The zero-order valence-corrected chi connectivity index (χ0v) is 18.7. The molecule has 4 rings (SSSR count). The molecule has 4 aliphatic rings. The summed E-state index contributed by atoms with van der Waals surface area (Å²) in [6.45, 7) is 3.96. The van der Waals surface area contributed by atoms with Crippen LogP contribution in [-0.4, -0.2) is 44.5 Å². The minimum absolute atomic E-state index is 0.0186. The number of halogens is 2. The van der Waals surface area contributed by atoms with Crippen molar-refractivity contribution in [3.8, 4) is 0 Å². The standard InChI is InChI=1S/C22H28Cl2O6/c1-20-7-5-12(25)9-11(20)3-4-13-14-6-8-22(19(28)29,30-18(27)17(23)24)21(14,2)10-15(26)16(13)20/h9,13-17,26H,3-8,10H2,1-2H3,(H,28,29)/t13-,14-,15-,16+,20-,21-,22-/m0/s1. The number of alkyl halides is 2. The zero-order valence-electron chi connectivity index (χ0n) is 17.2. The van der Waals surface area contributed by atoms with Crippen LogP contribution in [0.4, 0.5) is 0 Å².